The van der Waals surface area contributed by atoms with E-state index in [-0.39, 0.29) is 5.41 Å². The topological polar surface area (TPSA) is 34.1 Å². The Labute approximate surface area is 123 Å². The second-order valence-electron chi connectivity index (χ2n) is 6.99. The van der Waals surface area contributed by atoms with Crippen molar-refractivity contribution >= 4 is 0 Å². The van der Waals surface area contributed by atoms with Crippen LogP contribution in [0.15, 0.2) is 24.5 Å². The Kier molecular flexibility index (Phi) is 4.82. The van der Waals surface area contributed by atoms with Crippen molar-refractivity contribution in [3.8, 4) is 0 Å². The van der Waals surface area contributed by atoms with Gasteiger partial charge in [0.05, 0.1) is 6.10 Å². The summed E-state index contributed by atoms with van der Waals surface area (Å²) in [6.45, 7) is 12.1. The number of aromatic nitrogens is 1. The van der Waals surface area contributed by atoms with Crippen molar-refractivity contribution in [3.63, 3.8) is 0 Å². The molecule has 0 aliphatic heterocycles. The number of pyridine rings is 1. The highest BCUT2D eigenvalue weighted by Gasteiger charge is 2.49. The lowest BCUT2D eigenvalue weighted by Gasteiger charge is -2.53. The summed E-state index contributed by atoms with van der Waals surface area (Å²) in [5, 5.41) is 3.73. The van der Waals surface area contributed by atoms with Crippen LogP contribution in [0.5, 0.6) is 0 Å². The Hall–Kier alpha value is -0.930. The molecule has 1 aromatic heterocycles. The Morgan fingerprint density at radius 3 is 2.50 bits per heavy atom. The smallest absolute Gasteiger partial charge is 0.0656 e. The SMILES string of the molecule is CC(C)COC1CC(N[C@H](C)c2ccncc2)C1(C)C. The summed E-state index contributed by atoms with van der Waals surface area (Å²) in [4.78, 5) is 4.07. The highest BCUT2D eigenvalue weighted by atomic mass is 16.5. The maximum Gasteiger partial charge on any atom is 0.0656 e. The summed E-state index contributed by atoms with van der Waals surface area (Å²) in [7, 11) is 0. The molecule has 20 heavy (non-hydrogen) atoms. The molecule has 0 radical (unpaired) electrons. The van der Waals surface area contributed by atoms with E-state index in [1.807, 2.05) is 12.4 Å². The van der Waals surface area contributed by atoms with Gasteiger partial charge >= 0.3 is 0 Å². The predicted molar refractivity (Wildman–Crippen MR) is 82.6 cm³/mol. The van der Waals surface area contributed by atoms with Crippen molar-refractivity contribution in [3.05, 3.63) is 30.1 Å². The van der Waals surface area contributed by atoms with Gasteiger partial charge in [-0.15, -0.1) is 0 Å². The van der Waals surface area contributed by atoms with Crippen molar-refractivity contribution < 1.29 is 4.74 Å². The zero-order valence-electron chi connectivity index (χ0n) is 13.4. The third-order valence-corrected chi connectivity index (χ3v) is 4.47. The second-order valence-corrected chi connectivity index (χ2v) is 6.99. The van der Waals surface area contributed by atoms with Gasteiger partial charge in [-0.1, -0.05) is 27.7 Å². The number of ether oxygens (including phenoxy) is 1. The average Bonchev–Trinajstić information content (AvgIpc) is 2.42. The second kappa shape index (κ2) is 6.23. The molecular formula is C17H28N2O. The molecule has 0 bridgehead atoms. The van der Waals surface area contributed by atoms with E-state index < -0.39 is 0 Å². The van der Waals surface area contributed by atoms with Gasteiger partial charge in [0.1, 0.15) is 0 Å². The third kappa shape index (κ3) is 3.39. The molecule has 0 aromatic carbocycles. The Morgan fingerprint density at radius 1 is 1.30 bits per heavy atom. The van der Waals surface area contributed by atoms with Crippen LogP contribution < -0.4 is 5.32 Å². The molecule has 0 spiro atoms. The third-order valence-electron chi connectivity index (χ3n) is 4.47. The highest BCUT2D eigenvalue weighted by molar-refractivity contribution is 5.15. The van der Waals surface area contributed by atoms with Crippen molar-refractivity contribution in [2.24, 2.45) is 11.3 Å². The summed E-state index contributed by atoms with van der Waals surface area (Å²) in [5.41, 5.74) is 1.50. The molecule has 2 rings (SSSR count). The van der Waals surface area contributed by atoms with E-state index in [0.29, 0.717) is 24.1 Å². The molecule has 3 heteroatoms. The Bertz CT molecular complexity index is 416. The van der Waals surface area contributed by atoms with Crippen molar-refractivity contribution in [2.75, 3.05) is 6.61 Å². The summed E-state index contributed by atoms with van der Waals surface area (Å²) < 4.78 is 6.02. The van der Waals surface area contributed by atoms with Crippen LogP contribution >= 0.6 is 0 Å². The lowest BCUT2D eigenvalue weighted by atomic mass is 9.64. The van der Waals surface area contributed by atoms with Gasteiger partial charge in [-0.25, -0.2) is 0 Å². The Balaban J connectivity index is 1.86. The summed E-state index contributed by atoms with van der Waals surface area (Å²) >= 11 is 0. The number of nitrogens with one attached hydrogen (secondary N) is 1. The van der Waals surface area contributed by atoms with E-state index in [1.165, 1.54) is 5.56 Å². The van der Waals surface area contributed by atoms with Crippen LogP contribution in [0.3, 0.4) is 0 Å². The van der Waals surface area contributed by atoms with E-state index in [1.54, 1.807) is 0 Å². The maximum absolute atomic E-state index is 6.02. The molecule has 0 saturated heterocycles. The number of nitrogens with zero attached hydrogens (tertiary/aromatic N) is 1. The van der Waals surface area contributed by atoms with Crippen LogP contribution in [-0.2, 0) is 4.74 Å². The molecule has 1 aliphatic rings. The van der Waals surface area contributed by atoms with Crippen LogP contribution in [-0.4, -0.2) is 23.7 Å². The lowest BCUT2D eigenvalue weighted by molar-refractivity contribution is -0.125. The number of hydrogen-bond acceptors (Lipinski definition) is 3. The minimum atomic E-state index is 0.205. The van der Waals surface area contributed by atoms with Gasteiger partial charge in [0.25, 0.3) is 0 Å². The number of hydrogen-bond donors (Lipinski definition) is 1. The summed E-state index contributed by atoms with van der Waals surface area (Å²) in [6, 6.07) is 5.03. The number of rotatable bonds is 6. The minimum absolute atomic E-state index is 0.205. The monoisotopic (exact) mass is 276 g/mol. The zero-order chi connectivity index (χ0) is 14.8. The first-order valence-electron chi connectivity index (χ1n) is 7.68. The maximum atomic E-state index is 6.02. The molecule has 1 heterocycles. The van der Waals surface area contributed by atoms with Crippen molar-refractivity contribution in [1.82, 2.24) is 10.3 Å². The van der Waals surface area contributed by atoms with E-state index in [2.05, 4.69) is 57.1 Å². The van der Waals surface area contributed by atoms with E-state index in [9.17, 15) is 0 Å². The molecule has 1 saturated carbocycles. The lowest BCUT2D eigenvalue weighted by Crippen LogP contribution is -2.61. The van der Waals surface area contributed by atoms with Crippen LogP contribution in [0.2, 0.25) is 0 Å². The largest absolute Gasteiger partial charge is 0.377 e. The molecule has 3 atom stereocenters. The van der Waals surface area contributed by atoms with Crippen LogP contribution in [0, 0.1) is 11.3 Å². The highest BCUT2D eigenvalue weighted by Crippen LogP contribution is 2.43. The van der Waals surface area contributed by atoms with E-state index >= 15 is 0 Å². The molecule has 112 valence electrons. The molecule has 1 fully saturated rings. The first kappa shape index (κ1) is 15.5. The minimum Gasteiger partial charge on any atom is -0.377 e. The van der Waals surface area contributed by atoms with Gasteiger partial charge in [0.2, 0.25) is 0 Å². The fourth-order valence-electron chi connectivity index (χ4n) is 2.81. The van der Waals surface area contributed by atoms with Gasteiger partial charge in [0, 0.05) is 36.5 Å². The fourth-order valence-corrected chi connectivity index (χ4v) is 2.81. The molecule has 0 amide bonds. The van der Waals surface area contributed by atoms with Crippen molar-refractivity contribution in [1.29, 1.82) is 0 Å². The molecular weight excluding hydrogens is 248 g/mol. The van der Waals surface area contributed by atoms with Crippen molar-refractivity contribution in [2.45, 2.75) is 59.2 Å². The molecule has 3 nitrogen and oxygen atoms in total. The van der Waals surface area contributed by atoms with E-state index in [4.69, 9.17) is 4.74 Å². The van der Waals surface area contributed by atoms with Gasteiger partial charge in [-0.05, 0) is 37.0 Å². The molecule has 1 aromatic rings. The predicted octanol–water partition coefficient (Wildman–Crippen LogP) is 3.57. The van der Waals surface area contributed by atoms with Crippen LogP contribution in [0.1, 0.15) is 52.6 Å². The van der Waals surface area contributed by atoms with Crippen LogP contribution in [0.4, 0.5) is 0 Å². The average molecular weight is 276 g/mol. The zero-order valence-corrected chi connectivity index (χ0v) is 13.4. The first-order chi connectivity index (χ1) is 9.41. The first-order valence-corrected chi connectivity index (χ1v) is 7.68. The van der Waals surface area contributed by atoms with Gasteiger partial charge in [-0.3, -0.25) is 4.98 Å². The molecule has 1 aliphatic carbocycles. The summed E-state index contributed by atoms with van der Waals surface area (Å²) in [5.74, 6) is 0.605. The summed E-state index contributed by atoms with van der Waals surface area (Å²) in [6.07, 6.45) is 5.20. The Morgan fingerprint density at radius 2 is 1.95 bits per heavy atom. The van der Waals surface area contributed by atoms with Crippen LogP contribution in [0.25, 0.3) is 0 Å². The molecule has 1 N–H and O–H groups in total. The van der Waals surface area contributed by atoms with E-state index in [0.717, 1.165) is 13.0 Å². The van der Waals surface area contributed by atoms with Gasteiger partial charge in [0.15, 0.2) is 0 Å². The molecule has 2 unspecified atom stereocenters. The quantitative estimate of drug-likeness (QED) is 0.862. The van der Waals surface area contributed by atoms with Gasteiger partial charge in [-0.2, -0.15) is 0 Å². The van der Waals surface area contributed by atoms with Gasteiger partial charge < -0.3 is 10.1 Å². The normalized spacial score (nSPS) is 26.3. The fraction of sp³-hybridized carbons (Fsp3) is 0.706. The standard InChI is InChI=1S/C17H28N2O/c1-12(2)11-20-16-10-15(17(16,4)5)19-13(3)14-6-8-18-9-7-14/h6-9,12-13,15-16,19H,10-11H2,1-5H3/t13-,15?,16?/m1/s1.